The Kier molecular flexibility index (Phi) is 16.4. The summed E-state index contributed by atoms with van der Waals surface area (Å²) in [6, 6.07) is 8.43. The predicted molar refractivity (Wildman–Crippen MR) is 260 cm³/mol. The zero-order valence-electron chi connectivity index (χ0n) is 40.5. The maximum absolute atomic E-state index is 14.3. The molecular formula is C50H59ClF3N4O10P2+. The molecule has 1 N–H and O–H groups in total. The van der Waals surface area contributed by atoms with Gasteiger partial charge in [-0.1, -0.05) is 11.6 Å². The summed E-state index contributed by atoms with van der Waals surface area (Å²) >= 11 is 7.46. The minimum absolute atomic E-state index is 0.00530. The number of anilines is 1. The number of ketones is 1. The van der Waals surface area contributed by atoms with Gasteiger partial charge < -0.3 is 33.8 Å². The average Bonchev–Trinajstić information content (AvgIpc) is 3.58. The van der Waals surface area contributed by atoms with Gasteiger partial charge in [-0.3, -0.25) is 19.1 Å². The van der Waals surface area contributed by atoms with Crippen molar-refractivity contribution in [1.29, 1.82) is 0 Å². The molecule has 4 aliphatic heterocycles. The summed E-state index contributed by atoms with van der Waals surface area (Å²) in [7, 11) is -4.01. The second kappa shape index (κ2) is 21.6. The highest BCUT2D eigenvalue weighted by Gasteiger charge is 2.57. The van der Waals surface area contributed by atoms with E-state index in [0.29, 0.717) is 34.4 Å². The van der Waals surface area contributed by atoms with Gasteiger partial charge >= 0.3 is 32.1 Å². The van der Waals surface area contributed by atoms with E-state index in [0.717, 1.165) is 49.2 Å². The number of alkyl halides is 3. The first kappa shape index (κ1) is 53.1. The van der Waals surface area contributed by atoms with E-state index in [4.69, 9.17) is 41.4 Å². The van der Waals surface area contributed by atoms with Crippen LogP contribution in [0.4, 0.5) is 18.9 Å². The third-order valence-electron chi connectivity index (χ3n) is 12.6. The topological polar surface area (TPSA) is 154 Å². The molecule has 3 aromatic carbocycles. The number of carbonyl (C=O) groups excluding carboxylic acids is 4. The van der Waals surface area contributed by atoms with Crippen LogP contribution in [0.3, 0.4) is 0 Å². The van der Waals surface area contributed by atoms with Crippen molar-refractivity contribution in [3.63, 3.8) is 0 Å². The highest BCUT2D eigenvalue weighted by atomic mass is 35.5. The number of esters is 2. The fourth-order valence-electron chi connectivity index (χ4n) is 9.54. The van der Waals surface area contributed by atoms with Gasteiger partial charge in [0.05, 0.1) is 17.1 Å². The molecule has 14 nitrogen and oxygen atoms in total. The molecule has 0 saturated carbocycles. The second-order valence-electron chi connectivity index (χ2n) is 19.4. The Bertz CT molecular complexity index is 2610. The Hall–Kier alpha value is -4.68. The van der Waals surface area contributed by atoms with Crippen molar-refractivity contribution >= 4 is 62.5 Å². The van der Waals surface area contributed by atoms with Gasteiger partial charge in [0.15, 0.2) is 17.1 Å². The molecule has 376 valence electrons. The summed E-state index contributed by atoms with van der Waals surface area (Å²) in [5.74, 6) is -2.93. The number of fused-ring (bicyclic) bond motifs is 7. The molecule has 0 radical (unpaired) electrons. The fraction of sp³-hybridized carbons (Fsp3) is 0.540. The van der Waals surface area contributed by atoms with E-state index in [1.807, 2.05) is 39.1 Å². The molecule has 20 heteroatoms. The lowest BCUT2D eigenvalue weighted by molar-refractivity contribution is -0.173. The van der Waals surface area contributed by atoms with Gasteiger partial charge in [-0.05, 0) is 133 Å². The number of carbonyl (C=O) groups is 4. The third kappa shape index (κ3) is 10.9. The summed E-state index contributed by atoms with van der Waals surface area (Å²) in [6.45, 7) is 22.2. The zero-order valence-corrected chi connectivity index (χ0v) is 43.0. The van der Waals surface area contributed by atoms with Crippen LogP contribution < -0.4 is 25.0 Å². The SMILES string of the molecule is [C-]#[N+]CCOP(CC(=O)CCc1cc2c(c(Cl)c1OC(=O)C(C)(C)C)Oc1c(cc3c4c1CCCN4CCC3)C21OC(=O)c2ccc([P+](=O)OCCCCNC(=O)C(F)(F)F)cc21)N(C(C)C)C(C)C. The molecule has 0 bridgehead atoms. The minimum Gasteiger partial charge on any atom is -0.454 e. The highest BCUT2D eigenvalue weighted by molar-refractivity contribution is 7.51. The van der Waals surface area contributed by atoms with E-state index in [2.05, 4.69) is 14.4 Å². The molecule has 3 unspecified atom stereocenters. The standard InChI is InChI=1S/C50H58ClF3N4O10P2/c1-29(2)58(30(3)4)69(64-24-20-55-8)28-33(59)16-15-32-26-39-44(40(51)42(32)67-47(62)48(5,6)7)66-43-36-14-12-22-57-21-11-13-31(41(36)57)25-38(43)49(39)37-27-34(17-18-35(37)45(60)68-49)70(63)65-23-10-9-19-56-46(61)50(52,53)54/h17-18,25-27,29-30H,9-16,19-24,28H2,1-7H3/p+1. The number of benzene rings is 3. The lowest BCUT2D eigenvalue weighted by Crippen LogP contribution is -2.38. The van der Waals surface area contributed by atoms with E-state index in [9.17, 15) is 36.9 Å². The maximum atomic E-state index is 14.3. The van der Waals surface area contributed by atoms with Crippen molar-refractivity contribution in [3.8, 4) is 17.2 Å². The van der Waals surface area contributed by atoms with Gasteiger partial charge in [0.25, 0.3) is 0 Å². The monoisotopic (exact) mass is 1030 g/mol. The first-order valence-electron chi connectivity index (χ1n) is 23.6. The Morgan fingerprint density at radius 2 is 1.70 bits per heavy atom. The first-order chi connectivity index (χ1) is 33.1. The number of rotatable bonds is 19. The summed E-state index contributed by atoms with van der Waals surface area (Å²) < 4.78 is 85.7. The Labute approximate surface area is 413 Å². The normalized spacial score (nSPS) is 17.6. The van der Waals surface area contributed by atoms with Crippen molar-refractivity contribution in [2.75, 3.05) is 50.5 Å². The predicted octanol–water partition coefficient (Wildman–Crippen LogP) is 10.3. The minimum atomic E-state index is -5.00. The summed E-state index contributed by atoms with van der Waals surface area (Å²) in [4.78, 5) is 59.2. The molecular weight excluding hydrogens is 971 g/mol. The number of nitrogens with one attached hydrogen (secondary N) is 1. The first-order valence-corrected chi connectivity index (χ1v) is 26.6. The van der Waals surface area contributed by atoms with Crippen LogP contribution in [0.2, 0.25) is 5.02 Å². The molecule has 1 spiro atoms. The van der Waals surface area contributed by atoms with E-state index in [1.54, 1.807) is 32.9 Å². The molecule has 7 rings (SSSR count). The van der Waals surface area contributed by atoms with Crippen molar-refractivity contribution < 1.29 is 60.2 Å². The van der Waals surface area contributed by atoms with Crippen molar-refractivity contribution in [3.05, 3.63) is 85.7 Å². The lowest BCUT2D eigenvalue weighted by Gasteiger charge is -2.43. The maximum Gasteiger partial charge on any atom is 0.548 e. The van der Waals surface area contributed by atoms with Crippen LogP contribution in [0, 0.1) is 12.0 Å². The number of aryl methyl sites for hydroxylation is 2. The van der Waals surface area contributed by atoms with E-state index in [-0.39, 0.29) is 103 Å². The lowest BCUT2D eigenvalue weighted by atomic mass is 9.74. The molecule has 3 aromatic rings. The quantitative estimate of drug-likeness (QED) is 0.0400. The van der Waals surface area contributed by atoms with Gasteiger partial charge in [0.1, 0.15) is 38.1 Å². The van der Waals surface area contributed by atoms with Crippen LogP contribution in [0.1, 0.15) is 124 Å². The Morgan fingerprint density at radius 3 is 2.37 bits per heavy atom. The molecule has 0 aromatic heterocycles. The molecule has 70 heavy (non-hydrogen) atoms. The van der Waals surface area contributed by atoms with E-state index in [1.165, 1.54) is 12.1 Å². The van der Waals surface area contributed by atoms with Crippen LogP contribution in [0.15, 0.2) is 30.3 Å². The van der Waals surface area contributed by atoms with Crippen LogP contribution in [-0.2, 0) is 57.6 Å². The van der Waals surface area contributed by atoms with Crippen LogP contribution in [0.25, 0.3) is 4.85 Å². The van der Waals surface area contributed by atoms with Gasteiger partial charge in [0.2, 0.25) is 11.8 Å². The number of hydrogen-bond donors (Lipinski definition) is 1. The number of halogens is 4. The number of Topliss-reactive ketones (excluding diaryl/α,β-unsaturated/α-hetero) is 1. The van der Waals surface area contributed by atoms with Crippen molar-refractivity contribution in [2.24, 2.45) is 5.41 Å². The molecule has 4 heterocycles. The number of ether oxygens (including phenoxy) is 3. The smallest absolute Gasteiger partial charge is 0.454 e. The summed E-state index contributed by atoms with van der Waals surface area (Å²) in [5.41, 5.74) is 2.01. The molecule has 0 saturated heterocycles. The number of hydrogen-bond acceptors (Lipinski definition) is 12. The zero-order chi connectivity index (χ0) is 50.9. The van der Waals surface area contributed by atoms with Crippen LogP contribution in [-0.4, -0.2) is 92.1 Å². The molecule has 0 aliphatic carbocycles. The van der Waals surface area contributed by atoms with Crippen LogP contribution in [0.5, 0.6) is 17.2 Å². The number of amides is 1. The molecule has 0 fully saturated rings. The van der Waals surface area contributed by atoms with Gasteiger partial charge in [-0.25, -0.2) is 11.4 Å². The Balaban J connectivity index is 1.33. The van der Waals surface area contributed by atoms with Crippen molar-refractivity contribution in [1.82, 2.24) is 9.99 Å². The highest BCUT2D eigenvalue weighted by Crippen LogP contribution is 2.62. The largest absolute Gasteiger partial charge is 0.548 e. The van der Waals surface area contributed by atoms with Gasteiger partial charge in [-0.15, -0.1) is 4.52 Å². The second-order valence-corrected chi connectivity index (χ2v) is 22.8. The summed E-state index contributed by atoms with van der Waals surface area (Å²) in [5, 5.41) is 1.94. The van der Waals surface area contributed by atoms with Gasteiger partial charge in [-0.2, -0.15) is 13.2 Å². The average molecular weight is 1030 g/mol. The van der Waals surface area contributed by atoms with Crippen molar-refractivity contribution in [2.45, 2.75) is 124 Å². The Morgan fingerprint density at radius 1 is 1.00 bits per heavy atom. The number of nitrogens with zero attached hydrogens (tertiary/aromatic N) is 3. The number of unbranched alkanes of at least 4 members (excludes halogenated alkanes) is 1. The molecule has 1 amide bonds. The third-order valence-corrected chi connectivity index (χ3v) is 16.6. The fourth-order valence-corrected chi connectivity index (χ4v) is 12.9. The molecule has 4 aliphatic rings. The van der Waals surface area contributed by atoms with E-state index >= 15 is 0 Å². The molecule has 3 atom stereocenters. The van der Waals surface area contributed by atoms with Gasteiger partial charge in [0, 0.05) is 72.1 Å². The van der Waals surface area contributed by atoms with E-state index < -0.39 is 51.4 Å². The van der Waals surface area contributed by atoms with Crippen LogP contribution >= 0.6 is 27.9 Å². The summed E-state index contributed by atoms with van der Waals surface area (Å²) in [6.07, 6.45) is -1.46.